The van der Waals surface area contributed by atoms with E-state index in [-0.39, 0.29) is 17.9 Å². The Kier molecular flexibility index (Phi) is 3.46. The number of likely N-dealkylation sites (tertiary alicyclic amines) is 1. The van der Waals surface area contributed by atoms with E-state index in [1.54, 1.807) is 0 Å². The number of rotatable bonds is 2. The summed E-state index contributed by atoms with van der Waals surface area (Å²) in [5.41, 5.74) is 12.2. The zero-order valence-corrected chi connectivity index (χ0v) is 11.0. The van der Waals surface area contributed by atoms with E-state index < -0.39 is 0 Å². The summed E-state index contributed by atoms with van der Waals surface area (Å²) < 4.78 is 0. The van der Waals surface area contributed by atoms with Gasteiger partial charge in [0.15, 0.2) is 0 Å². The number of carbonyl (C=O) groups is 1. The van der Waals surface area contributed by atoms with Crippen molar-refractivity contribution in [1.29, 1.82) is 0 Å². The lowest BCUT2D eigenvalue weighted by Gasteiger charge is -2.26. The summed E-state index contributed by atoms with van der Waals surface area (Å²) >= 11 is 0. The Morgan fingerprint density at radius 1 is 1.41 bits per heavy atom. The first-order chi connectivity index (χ1) is 7.93. The lowest BCUT2D eigenvalue weighted by Crippen LogP contribution is -2.46. The lowest BCUT2D eigenvalue weighted by molar-refractivity contribution is -0.132. The molecule has 4 heteroatoms. The molecule has 1 heterocycles. The Bertz CT molecular complexity index is 305. The summed E-state index contributed by atoms with van der Waals surface area (Å²) in [5, 5.41) is 0. The van der Waals surface area contributed by atoms with E-state index >= 15 is 0 Å². The van der Waals surface area contributed by atoms with Crippen LogP contribution in [0.3, 0.4) is 0 Å². The van der Waals surface area contributed by atoms with Crippen LogP contribution in [-0.2, 0) is 4.79 Å². The molecule has 17 heavy (non-hydrogen) atoms. The summed E-state index contributed by atoms with van der Waals surface area (Å²) in [4.78, 5) is 14.1. The molecule has 3 atom stereocenters. The first kappa shape index (κ1) is 12.8. The van der Waals surface area contributed by atoms with Crippen LogP contribution in [0.1, 0.15) is 39.5 Å². The summed E-state index contributed by atoms with van der Waals surface area (Å²) in [7, 11) is 0. The van der Waals surface area contributed by atoms with Crippen molar-refractivity contribution in [1.82, 2.24) is 4.90 Å². The number of hydrogen-bond donors (Lipinski definition) is 2. The topological polar surface area (TPSA) is 72.4 Å². The van der Waals surface area contributed by atoms with Gasteiger partial charge in [-0.15, -0.1) is 0 Å². The Morgan fingerprint density at radius 2 is 2.12 bits per heavy atom. The van der Waals surface area contributed by atoms with Gasteiger partial charge in [0.1, 0.15) is 0 Å². The molecule has 1 amide bonds. The van der Waals surface area contributed by atoms with Gasteiger partial charge in [0.2, 0.25) is 5.91 Å². The molecule has 4 nitrogen and oxygen atoms in total. The summed E-state index contributed by atoms with van der Waals surface area (Å²) in [6.45, 7) is 5.74. The van der Waals surface area contributed by atoms with Gasteiger partial charge in [0.25, 0.3) is 0 Å². The van der Waals surface area contributed by atoms with Crippen molar-refractivity contribution in [3.8, 4) is 0 Å². The maximum absolute atomic E-state index is 12.2. The van der Waals surface area contributed by atoms with Crippen LogP contribution in [0, 0.1) is 11.3 Å². The zero-order chi connectivity index (χ0) is 12.6. The lowest BCUT2D eigenvalue weighted by atomic mass is 9.85. The molecule has 0 bridgehead atoms. The molecule has 0 radical (unpaired) electrons. The Labute approximate surface area is 104 Å². The molecule has 2 aliphatic rings. The summed E-state index contributed by atoms with van der Waals surface area (Å²) in [6, 6.07) is -0.0101. The summed E-state index contributed by atoms with van der Waals surface area (Å²) in [5.74, 6) is 0.335. The van der Waals surface area contributed by atoms with E-state index in [1.807, 2.05) is 18.7 Å². The average molecular weight is 239 g/mol. The fourth-order valence-electron chi connectivity index (χ4n) is 3.24. The van der Waals surface area contributed by atoms with Gasteiger partial charge in [0, 0.05) is 19.1 Å². The highest BCUT2D eigenvalue weighted by molar-refractivity contribution is 5.82. The van der Waals surface area contributed by atoms with Crippen molar-refractivity contribution in [2.45, 2.75) is 51.6 Å². The molecule has 0 aromatic heterocycles. The maximum atomic E-state index is 12.2. The number of nitrogens with two attached hydrogens (primary N) is 2. The number of nitrogens with zero attached hydrogens (tertiary/aromatic N) is 1. The van der Waals surface area contributed by atoms with E-state index in [1.165, 1.54) is 6.42 Å². The molecule has 0 aromatic rings. The van der Waals surface area contributed by atoms with E-state index in [9.17, 15) is 4.79 Å². The number of carbonyl (C=O) groups excluding carboxylic acids is 1. The van der Waals surface area contributed by atoms with Crippen LogP contribution < -0.4 is 11.5 Å². The molecule has 1 saturated carbocycles. The SMILES string of the molecule is CC(C)[C@@H](N)C(=O)N1CC[C@@]2(CC[C@@H](N)C2)C1. The largest absolute Gasteiger partial charge is 0.341 e. The van der Waals surface area contributed by atoms with Gasteiger partial charge in [-0.05, 0) is 37.0 Å². The second-order valence-electron chi connectivity index (χ2n) is 6.28. The Hall–Kier alpha value is -0.610. The molecule has 98 valence electrons. The normalized spacial score (nSPS) is 34.9. The van der Waals surface area contributed by atoms with E-state index in [2.05, 4.69) is 0 Å². The quantitative estimate of drug-likeness (QED) is 0.745. The van der Waals surface area contributed by atoms with Gasteiger partial charge in [-0.1, -0.05) is 13.8 Å². The van der Waals surface area contributed by atoms with Crippen LogP contribution in [-0.4, -0.2) is 36.0 Å². The monoisotopic (exact) mass is 239 g/mol. The second kappa shape index (κ2) is 4.58. The molecule has 0 aromatic carbocycles. The maximum Gasteiger partial charge on any atom is 0.239 e. The highest BCUT2D eigenvalue weighted by Gasteiger charge is 2.44. The molecule has 1 saturated heterocycles. The molecular formula is C13H25N3O. The predicted octanol–water partition coefficient (Wildman–Crippen LogP) is 0.700. The van der Waals surface area contributed by atoms with Crippen LogP contribution in [0.4, 0.5) is 0 Å². The van der Waals surface area contributed by atoms with E-state index in [4.69, 9.17) is 11.5 Å². The minimum Gasteiger partial charge on any atom is -0.341 e. The standard InChI is InChI=1S/C13H25N3O/c1-9(2)11(15)12(17)16-6-5-13(8-16)4-3-10(14)7-13/h9-11H,3-8,14-15H2,1-2H3/t10-,11-,13-/m1/s1. The van der Waals surface area contributed by atoms with Gasteiger partial charge < -0.3 is 16.4 Å². The zero-order valence-electron chi connectivity index (χ0n) is 11.0. The second-order valence-corrected chi connectivity index (χ2v) is 6.28. The minimum atomic E-state index is -0.347. The van der Waals surface area contributed by atoms with Crippen molar-refractivity contribution in [3.05, 3.63) is 0 Å². The molecule has 0 unspecified atom stereocenters. The van der Waals surface area contributed by atoms with Gasteiger partial charge in [-0.2, -0.15) is 0 Å². The van der Waals surface area contributed by atoms with Crippen molar-refractivity contribution < 1.29 is 4.79 Å². The summed E-state index contributed by atoms with van der Waals surface area (Å²) in [6.07, 6.45) is 4.47. The predicted molar refractivity (Wildman–Crippen MR) is 68.3 cm³/mol. The molecule has 1 aliphatic carbocycles. The average Bonchev–Trinajstić information content (AvgIpc) is 2.84. The van der Waals surface area contributed by atoms with Gasteiger partial charge in [-0.3, -0.25) is 4.79 Å². The molecular weight excluding hydrogens is 214 g/mol. The van der Waals surface area contributed by atoms with Gasteiger partial charge in [-0.25, -0.2) is 0 Å². The van der Waals surface area contributed by atoms with Gasteiger partial charge >= 0.3 is 0 Å². The fourth-order valence-corrected chi connectivity index (χ4v) is 3.24. The van der Waals surface area contributed by atoms with Crippen LogP contribution in [0.25, 0.3) is 0 Å². The smallest absolute Gasteiger partial charge is 0.239 e. The highest BCUT2D eigenvalue weighted by atomic mass is 16.2. The first-order valence-corrected chi connectivity index (χ1v) is 6.73. The van der Waals surface area contributed by atoms with Crippen LogP contribution >= 0.6 is 0 Å². The van der Waals surface area contributed by atoms with E-state index in [0.717, 1.165) is 32.4 Å². The molecule has 2 fully saturated rings. The Morgan fingerprint density at radius 3 is 2.65 bits per heavy atom. The molecule has 1 aliphatic heterocycles. The number of amides is 1. The van der Waals surface area contributed by atoms with Crippen molar-refractivity contribution in [3.63, 3.8) is 0 Å². The minimum absolute atomic E-state index is 0.123. The molecule has 4 N–H and O–H groups in total. The van der Waals surface area contributed by atoms with Crippen molar-refractivity contribution in [2.24, 2.45) is 22.8 Å². The first-order valence-electron chi connectivity index (χ1n) is 6.73. The van der Waals surface area contributed by atoms with Crippen LogP contribution in [0.2, 0.25) is 0 Å². The van der Waals surface area contributed by atoms with Crippen LogP contribution in [0.5, 0.6) is 0 Å². The third-order valence-corrected chi connectivity index (χ3v) is 4.49. The molecule has 2 rings (SSSR count). The highest BCUT2D eigenvalue weighted by Crippen LogP contribution is 2.44. The Balaban J connectivity index is 1.96. The van der Waals surface area contributed by atoms with Crippen molar-refractivity contribution in [2.75, 3.05) is 13.1 Å². The third kappa shape index (κ3) is 2.47. The molecule has 1 spiro atoms. The van der Waals surface area contributed by atoms with Gasteiger partial charge in [0.05, 0.1) is 6.04 Å². The van der Waals surface area contributed by atoms with E-state index in [0.29, 0.717) is 11.5 Å². The fraction of sp³-hybridized carbons (Fsp3) is 0.923. The number of hydrogen-bond acceptors (Lipinski definition) is 3. The van der Waals surface area contributed by atoms with Crippen LogP contribution in [0.15, 0.2) is 0 Å². The third-order valence-electron chi connectivity index (χ3n) is 4.49. The van der Waals surface area contributed by atoms with Crippen molar-refractivity contribution >= 4 is 5.91 Å².